The average molecular weight is 324 g/mol. The number of hydrogen-bond donors (Lipinski definition) is 2. The highest BCUT2D eigenvalue weighted by atomic mass is 32.1. The molecule has 0 saturated heterocycles. The first kappa shape index (κ1) is 16.9. The van der Waals surface area contributed by atoms with Crippen molar-refractivity contribution in [3.05, 3.63) is 15.6 Å². The third kappa shape index (κ3) is 3.32. The molecule has 2 rings (SSSR count). The average Bonchev–Trinajstić information content (AvgIpc) is 2.82. The number of nitrogens with one attached hydrogen (secondary N) is 1. The topological polar surface area (TPSA) is 79.3 Å². The number of amides is 1. The number of aromatic nitrogens is 1. The molecule has 1 amide bonds. The molecule has 6 heteroatoms. The quantitative estimate of drug-likeness (QED) is 0.894. The van der Waals surface area contributed by atoms with Gasteiger partial charge in [-0.1, -0.05) is 40.0 Å². The minimum Gasteiger partial charge on any atom is -0.480 e. The van der Waals surface area contributed by atoms with Gasteiger partial charge in [-0.05, 0) is 19.8 Å². The van der Waals surface area contributed by atoms with Gasteiger partial charge in [-0.2, -0.15) is 0 Å². The predicted molar refractivity (Wildman–Crippen MR) is 86.5 cm³/mol. The number of carboxylic acid groups (broad SMARTS) is 1. The van der Waals surface area contributed by atoms with Gasteiger partial charge in [0.05, 0.1) is 10.7 Å². The van der Waals surface area contributed by atoms with Gasteiger partial charge in [0.25, 0.3) is 5.91 Å². The van der Waals surface area contributed by atoms with E-state index in [1.54, 1.807) is 6.92 Å². The summed E-state index contributed by atoms with van der Waals surface area (Å²) in [4.78, 5) is 29.2. The molecule has 22 heavy (non-hydrogen) atoms. The first-order valence-electron chi connectivity index (χ1n) is 7.69. The van der Waals surface area contributed by atoms with Crippen molar-refractivity contribution in [1.29, 1.82) is 0 Å². The van der Waals surface area contributed by atoms with E-state index in [9.17, 15) is 14.7 Å². The predicted octanol–water partition coefficient (Wildman–Crippen LogP) is 3.27. The third-order valence-corrected chi connectivity index (χ3v) is 5.70. The van der Waals surface area contributed by atoms with Crippen LogP contribution in [-0.4, -0.2) is 27.5 Å². The summed E-state index contributed by atoms with van der Waals surface area (Å²) in [6, 6.07) is 0. The van der Waals surface area contributed by atoms with Crippen molar-refractivity contribution < 1.29 is 14.7 Å². The van der Waals surface area contributed by atoms with Crippen molar-refractivity contribution in [2.45, 2.75) is 70.8 Å². The molecule has 2 N–H and O–H groups in total. The molecule has 1 fully saturated rings. The van der Waals surface area contributed by atoms with Crippen molar-refractivity contribution in [2.75, 3.05) is 0 Å². The monoisotopic (exact) mass is 324 g/mol. The van der Waals surface area contributed by atoms with Crippen LogP contribution in [0.5, 0.6) is 0 Å². The Hall–Kier alpha value is -1.43. The zero-order valence-electron chi connectivity index (χ0n) is 13.7. The summed E-state index contributed by atoms with van der Waals surface area (Å²) in [6.45, 7) is 7.95. The van der Waals surface area contributed by atoms with Gasteiger partial charge in [0.2, 0.25) is 0 Å². The molecule has 1 aliphatic carbocycles. The fourth-order valence-electron chi connectivity index (χ4n) is 2.75. The number of aryl methyl sites for hydroxylation is 1. The molecular weight excluding hydrogens is 300 g/mol. The van der Waals surface area contributed by atoms with E-state index in [2.05, 4.69) is 10.3 Å². The van der Waals surface area contributed by atoms with Crippen LogP contribution in [0.25, 0.3) is 0 Å². The molecule has 0 aliphatic heterocycles. The number of rotatable bonds is 3. The van der Waals surface area contributed by atoms with E-state index in [0.29, 0.717) is 23.4 Å². The molecule has 0 atom stereocenters. The summed E-state index contributed by atoms with van der Waals surface area (Å²) in [7, 11) is 0. The maximum absolute atomic E-state index is 12.6. The van der Waals surface area contributed by atoms with Crippen LogP contribution in [0.1, 0.15) is 73.2 Å². The molecule has 5 nitrogen and oxygen atoms in total. The number of hydrogen-bond acceptors (Lipinski definition) is 4. The summed E-state index contributed by atoms with van der Waals surface area (Å²) < 4.78 is 0. The highest BCUT2D eigenvalue weighted by Crippen LogP contribution is 2.32. The van der Waals surface area contributed by atoms with E-state index < -0.39 is 11.5 Å². The Balaban J connectivity index is 2.24. The lowest BCUT2D eigenvalue weighted by molar-refractivity contribution is -0.145. The highest BCUT2D eigenvalue weighted by molar-refractivity contribution is 7.14. The lowest BCUT2D eigenvalue weighted by atomic mass is 9.81. The zero-order valence-corrected chi connectivity index (χ0v) is 14.5. The normalized spacial score (nSPS) is 18.0. The van der Waals surface area contributed by atoms with Crippen molar-refractivity contribution in [2.24, 2.45) is 0 Å². The standard InChI is InChI=1S/C16H24N2O3S/c1-10-11(22-13(17-10)15(2,3)4)12(19)18-16(14(20)21)8-6-5-7-9-16/h5-9H2,1-4H3,(H,18,19)(H,20,21). The van der Waals surface area contributed by atoms with Crippen LogP contribution in [0.2, 0.25) is 0 Å². The lowest BCUT2D eigenvalue weighted by Gasteiger charge is -2.33. The van der Waals surface area contributed by atoms with E-state index in [1.807, 2.05) is 20.8 Å². The Labute approximate surface area is 135 Å². The summed E-state index contributed by atoms with van der Waals surface area (Å²) in [5, 5.41) is 13.2. The van der Waals surface area contributed by atoms with Gasteiger partial charge in [0.15, 0.2) is 0 Å². The molecule has 0 aromatic carbocycles. The smallest absolute Gasteiger partial charge is 0.329 e. The van der Waals surface area contributed by atoms with Gasteiger partial charge in [0, 0.05) is 5.41 Å². The fourth-order valence-corrected chi connectivity index (χ4v) is 3.77. The molecule has 0 spiro atoms. The minimum absolute atomic E-state index is 0.122. The van der Waals surface area contributed by atoms with Crippen LogP contribution in [-0.2, 0) is 10.2 Å². The van der Waals surface area contributed by atoms with E-state index >= 15 is 0 Å². The summed E-state index contributed by atoms with van der Waals surface area (Å²) >= 11 is 1.36. The maximum atomic E-state index is 12.6. The van der Waals surface area contributed by atoms with Gasteiger partial charge >= 0.3 is 5.97 Å². The van der Waals surface area contributed by atoms with Crippen LogP contribution in [0.15, 0.2) is 0 Å². The maximum Gasteiger partial charge on any atom is 0.329 e. The first-order chi connectivity index (χ1) is 10.2. The summed E-state index contributed by atoms with van der Waals surface area (Å²) in [5.74, 6) is -1.24. The molecule has 0 radical (unpaired) electrons. The lowest BCUT2D eigenvalue weighted by Crippen LogP contribution is -2.55. The Morgan fingerprint density at radius 1 is 1.23 bits per heavy atom. The van der Waals surface area contributed by atoms with Crippen LogP contribution >= 0.6 is 11.3 Å². The second-order valence-corrected chi connectivity index (χ2v) is 8.08. The number of aliphatic carboxylic acids is 1. The molecule has 0 unspecified atom stereocenters. The van der Waals surface area contributed by atoms with Gasteiger partial charge in [-0.3, -0.25) is 4.79 Å². The Morgan fingerprint density at radius 3 is 2.27 bits per heavy atom. The number of carboxylic acids is 1. The number of carbonyl (C=O) groups is 2. The zero-order chi connectivity index (χ0) is 16.5. The summed E-state index contributed by atoms with van der Waals surface area (Å²) in [5.41, 5.74) is -0.569. The molecular formula is C16H24N2O3S. The van der Waals surface area contributed by atoms with Gasteiger partial charge < -0.3 is 10.4 Å². The van der Waals surface area contributed by atoms with Crippen LogP contribution in [0.3, 0.4) is 0 Å². The Bertz CT molecular complexity index is 581. The van der Waals surface area contributed by atoms with Gasteiger partial charge in [-0.25, -0.2) is 9.78 Å². The molecule has 122 valence electrons. The molecule has 1 aromatic heterocycles. The van der Waals surface area contributed by atoms with E-state index in [4.69, 9.17) is 0 Å². The third-order valence-electron chi connectivity index (χ3n) is 4.11. The van der Waals surface area contributed by atoms with Crippen molar-refractivity contribution in [3.63, 3.8) is 0 Å². The van der Waals surface area contributed by atoms with Crippen LogP contribution < -0.4 is 5.32 Å². The number of carbonyl (C=O) groups excluding carboxylic acids is 1. The number of thiazole rings is 1. The second kappa shape index (κ2) is 5.99. The van der Waals surface area contributed by atoms with E-state index in [1.165, 1.54) is 11.3 Å². The molecule has 0 bridgehead atoms. The SMILES string of the molecule is Cc1nc(C(C)(C)C)sc1C(=O)NC1(C(=O)O)CCCCC1. The van der Waals surface area contributed by atoms with Crippen molar-refractivity contribution in [1.82, 2.24) is 10.3 Å². The molecule has 1 saturated carbocycles. The Kier molecular flexibility index (Phi) is 4.61. The molecule has 1 heterocycles. The molecule has 1 aliphatic rings. The Morgan fingerprint density at radius 2 is 1.82 bits per heavy atom. The molecule has 1 aromatic rings. The first-order valence-corrected chi connectivity index (χ1v) is 8.51. The fraction of sp³-hybridized carbons (Fsp3) is 0.688. The van der Waals surface area contributed by atoms with E-state index in [0.717, 1.165) is 24.3 Å². The van der Waals surface area contributed by atoms with Gasteiger partial charge in [-0.15, -0.1) is 11.3 Å². The largest absolute Gasteiger partial charge is 0.480 e. The minimum atomic E-state index is -1.12. The van der Waals surface area contributed by atoms with Crippen molar-refractivity contribution in [3.8, 4) is 0 Å². The second-order valence-electron chi connectivity index (χ2n) is 7.09. The highest BCUT2D eigenvalue weighted by Gasteiger charge is 2.41. The van der Waals surface area contributed by atoms with Crippen LogP contribution in [0.4, 0.5) is 0 Å². The summed E-state index contributed by atoms with van der Waals surface area (Å²) in [6.07, 6.45) is 3.69. The van der Waals surface area contributed by atoms with E-state index in [-0.39, 0.29) is 11.3 Å². The van der Waals surface area contributed by atoms with Crippen molar-refractivity contribution >= 4 is 23.2 Å². The van der Waals surface area contributed by atoms with Crippen LogP contribution in [0, 0.1) is 6.92 Å². The van der Waals surface area contributed by atoms with Gasteiger partial charge in [0.1, 0.15) is 10.4 Å². The number of nitrogens with zero attached hydrogens (tertiary/aromatic N) is 1.